The lowest BCUT2D eigenvalue weighted by Crippen LogP contribution is -2.49. The molecule has 9 heavy (non-hydrogen) atoms. The number of rotatable bonds is 0. The Balaban J connectivity index is 2.07. The maximum Gasteiger partial charge on any atom is 0.161 e. The number of carbonyl (C=O) groups is 1. The van der Waals surface area contributed by atoms with Crippen LogP contribution in [0, 0.1) is 0 Å². The second-order valence-electron chi connectivity index (χ2n) is 2.68. The van der Waals surface area contributed by atoms with E-state index in [0.29, 0.717) is 26.2 Å². The van der Waals surface area contributed by atoms with Crippen molar-refractivity contribution >= 4 is 5.78 Å². The minimum absolute atomic E-state index is 0.183. The number of carbonyl (C=O) groups excluding carboxylic acids is 1. The standard InChI is InChI=1S/C6H8O3/c7-5-1-6(9-2-5)3-8-4-6/h1-4H2. The van der Waals surface area contributed by atoms with E-state index in [1.807, 2.05) is 0 Å². The lowest BCUT2D eigenvalue weighted by atomic mass is 9.98. The fraction of sp³-hybridized carbons (Fsp3) is 0.833. The average Bonchev–Trinajstić information content (AvgIpc) is 2.09. The number of Topliss-reactive ketones (excluding diaryl/α,β-unsaturated/α-hetero) is 1. The van der Waals surface area contributed by atoms with E-state index >= 15 is 0 Å². The van der Waals surface area contributed by atoms with Crippen molar-refractivity contribution in [2.24, 2.45) is 0 Å². The highest BCUT2D eigenvalue weighted by Crippen LogP contribution is 2.30. The van der Waals surface area contributed by atoms with Crippen LogP contribution in [-0.2, 0) is 14.3 Å². The molecule has 3 heteroatoms. The van der Waals surface area contributed by atoms with Crippen molar-refractivity contribution in [3.63, 3.8) is 0 Å². The smallest absolute Gasteiger partial charge is 0.161 e. The lowest BCUT2D eigenvalue weighted by molar-refractivity contribution is -0.184. The monoisotopic (exact) mass is 128 g/mol. The van der Waals surface area contributed by atoms with Gasteiger partial charge >= 0.3 is 0 Å². The van der Waals surface area contributed by atoms with Crippen molar-refractivity contribution in [1.29, 1.82) is 0 Å². The minimum Gasteiger partial charge on any atom is -0.375 e. The molecule has 2 heterocycles. The first-order valence-corrected chi connectivity index (χ1v) is 3.04. The molecule has 1 spiro atoms. The molecule has 0 N–H and O–H groups in total. The van der Waals surface area contributed by atoms with Crippen LogP contribution in [0.1, 0.15) is 6.42 Å². The van der Waals surface area contributed by atoms with Gasteiger partial charge in [0.2, 0.25) is 0 Å². The molecule has 50 valence electrons. The Morgan fingerprint density at radius 3 is 2.44 bits per heavy atom. The predicted octanol–water partition coefficient (Wildman–Crippen LogP) is -0.255. The fourth-order valence-electron chi connectivity index (χ4n) is 1.21. The quantitative estimate of drug-likeness (QED) is 0.451. The molecule has 0 atom stereocenters. The van der Waals surface area contributed by atoms with Crippen LogP contribution < -0.4 is 0 Å². The normalized spacial score (nSPS) is 30.9. The SMILES string of the molecule is O=C1COC2(COC2)C1. The maximum atomic E-state index is 10.7. The van der Waals surface area contributed by atoms with Crippen molar-refractivity contribution in [3.8, 4) is 0 Å². The van der Waals surface area contributed by atoms with Crippen LogP contribution >= 0.6 is 0 Å². The predicted molar refractivity (Wildman–Crippen MR) is 29.1 cm³/mol. The van der Waals surface area contributed by atoms with Crippen LogP contribution in [0.4, 0.5) is 0 Å². The molecular formula is C6H8O3. The maximum absolute atomic E-state index is 10.7. The second-order valence-corrected chi connectivity index (χ2v) is 2.68. The number of ketones is 1. The zero-order valence-electron chi connectivity index (χ0n) is 5.05. The van der Waals surface area contributed by atoms with E-state index in [2.05, 4.69) is 0 Å². The molecule has 2 fully saturated rings. The van der Waals surface area contributed by atoms with Crippen LogP contribution in [0.2, 0.25) is 0 Å². The van der Waals surface area contributed by atoms with Crippen LogP contribution in [0.25, 0.3) is 0 Å². The van der Waals surface area contributed by atoms with Crippen molar-refractivity contribution in [2.75, 3.05) is 19.8 Å². The van der Waals surface area contributed by atoms with Crippen molar-refractivity contribution in [3.05, 3.63) is 0 Å². The summed E-state index contributed by atoms with van der Waals surface area (Å²) in [5.74, 6) is 0.207. The third kappa shape index (κ3) is 0.686. The van der Waals surface area contributed by atoms with Gasteiger partial charge in [0.05, 0.1) is 13.2 Å². The highest BCUT2D eigenvalue weighted by Gasteiger charge is 2.46. The first-order chi connectivity index (χ1) is 4.31. The third-order valence-corrected chi connectivity index (χ3v) is 1.79. The summed E-state index contributed by atoms with van der Waals surface area (Å²) >= 11 is 0. The number of ether oxygens (including phenoxy) is 2. The molecule has 0 aromatic heterocycles. The molecule has 0 amide bonds. The molecule has 0 aromatic rings. The van der Waals surface area contributed by atoms with Crippen molar-refractivity contribution < 1.29 is 14.3 Å². The van der Waals surface area contributed by atoms with Gasteiger partial charge in [0.15, 0.2) is 5.78 Å². The van der Waals surface area contributed by atoms with Gasteiger partial charge in [-0.05, 0) is 0 Å². The van der Waals surface area contributed by atoms with Gasteiger partial charge in [-0.15, -0.1) is 0 Å². The molecule has 2 aliphatic rings. The fourth-order valence-corrected chi connectivity index (χ4v) is 1.21. The first-order valence-electron chi connectivity index (χ1n) is 3.04. The molecule has 0 radical (unpaired) electrons. The van der Waals surface area contributed by atoms with Gasteiger partial charge in [0.25, 0.3) is 0 Å². The van der Waals surface area contributed by atoms with Gasteiger partial charge in [-0.2, -0.15) is 0 Å². The molecular weight excluding hydrogens is 120 g/mol. The summed E-state index contributed by atoms with van der Waals surface area (Å²) in [7, 11) is 0. The van der Waals surface area contributed by atoms with Crippen LogP contribution in [0.5, 0.6) is 0 Å². The highest BCUT2D eigenvalue weighted by molar-refractivity contribution is 5.82. The van der Waals surface area contributed by atoms with Gasteiger partial charge in [-0.3, -0.25) is 4.79 Å². The summed E-state index contributed by atoms with van der Waals surface area (Å²) in [6.45, 7) is 1.51. The third-order valence-electron chi connectivity index (χ3n) is 1.79. The van der Waals surface area contributed by atoms with E-state index in [4.69, 9.17) is 9.47 Å². The summed E-state index contributed by atoms with van der Waals surface area (Å²) in [4.78, 5) is 10.7. The van der Waals surface area contributed by atoms with E-state index < -0.39 is 0 Å². The minimum atomic E-state index is -0.183. The summed E-state index contributed by atoms with van der Waals surface area (Å²) in [6, 6.07) is 0. The van der Waals surface area contributed by atoms with E-state index in [-0.39, 0.29) is 11.4 Å². The zero-order valence-corrected chi connectivity index (χ0v) is 5.05. The highest BCUT2D eigenvalue weighted by atomic mass is 16.6. The summed E-state index contributed by atoms with van der Waals surface area (Å²) in [6.07, 6.45) is 0.562. The van der Waals surface area contributed by atoms with Crippen LogP contribution in [0.3, 0.4) is 0 Å². The number of hydrogen-bond donors (Lipinski definition) is 0. The molecule has 0 aliphatic carbocycles. The zero-order chi connectivity index (χ0) is 6.32. The first kappa shape index (κ1) is 5.38. The van der Waals surface area contributed by atoms with Gasteiger partial charge < -0.3 is 9.47 Å². The topological polar surface area (TPSA) is 35.5 Å². The molecule has 2 rings (SSSR count). The lowest BCUT2D eigenvalue weighted by Gasteiger charge is -2.35. The molecule has 0 aromatic carbocycles. The van der Waals surface area contributed by atoms with Crippen molar-refractivity contribution in [2.45, 2.75) is 12.0 Å². The Kier molecular flexibility index (Phi) is 0.926. The molecule has 0 bridgehead atoms. The Morgan fingerprint density at radius 2 is 2.22 bits per heavy atom. The van der Waals surface area contributed by atoms with Crippen LogP contribution in [-0.4, -0.2) is 31.2 Å². The van der Waals surface area contributed by atoms with Gasteiger partial charge in [0, 0.05) is 6.42 Å². The molecule has 3 nitrogen and oxygen atoms in total. The Labute approximate surface area is 52.9 Å². The van der Waals surface area contributed by atoms with E-state index in [9.17, 15) is 4.79 Å². The second kappa shape index (κ2) is 1.55. The van der Waals surface area contributed by atoms with Gasteiger partial charge in [0.1, 0.15) is 12.2 Å². The molecule has 0 unspecified atom stereocenters. The summed E-state index contributed by atoms with van der Waals surface area (Å²) in [5, 5.41) is 0. The molecule has 2 aliphatic heterocycles. The Morgan fingerprint density at radius 1 is 1.44 bits per heavy atom. The summed E-state index contributed by atoms with van der Waals surface area (Å²) < 4.78 is 10.1. The van der Waals surface area contributed by atoms with Crippen molar-refractivity contribution in [1.82, 2.24) is 0 Å². The van der Waals surface area contributed by atoms with Gasteiger partial charge in [-0.25, -0.2) is 0 Å². The molecule has 0 saturated carbocycles. The molecule has 2 saturated heterocycles. The Bertz CT molecular complexity index is 148. The van der Waals surface area contributed by atoms with E-state index in [1.165, 1.54) is 0 Å². The van der Waals surface area contributed by atoms with E-state index in [0.717, 1.165) is 0 Å². The summed E-state index contributed by atoms with van der Waals surface area (Å²) in [5.41, 5.74) is -0.183. The van der Waals surface area contributed by atoms with Crippen LogP contribution in [0.15, 0.2) is 0 Å². The largest absolute Gasteiger partial charge is 0.375 e. The van der Waals surface area contributed by atoms with Gasteiger partial charge in [-0.1, -0.05) is 0 Å². The average molecular weight is 128 g/mol. The Hall–Kier alpha value is -0.410. The number of hydrogen-bond acceptors (Lipinski definition) is 3. The van der Waals surface area contributed by atoms with E-state index in [1.54, 1.807) is 0 Å².